The second kappa shape index (κ2) is 7.57. The van der Waals surface area contributed by atoms with Gasteiger partial charge in [-0.15, -0.1) is 22.7 Å². The minimum Gasteiger partial charge on any atom is -0.503 e. The molecule has 5 nitrogen and oxygen atoms in total. The summed E-state index contributed by atoms with van der Waals surface area (Å²) in [5.74, 6) is -1.32. The maximum atomic E-state index is 13.4. The summed E-state index contributed by atoms with van der Waals surface area (Å²) >= 11 is 2.82. The predicted octanol–water partition coefficient (Wildman–Crippen LogP) is 4.91. The maximum absolute atomic E-state index is 13.4. The highest BCUT2D eigenvalue weighted by Gasteiger charge is 2.44. The molecule has 1 aromatic carbocycles. The monoisotopic (exact) mass is 424 g/mol. The lowest BCUT2D eigenvalue weighted by atomic mass is 9.94. The SMILES string of the molecule is Cc1cccc(C2C(C(=O)c3sc(C)nc3C)=C(O)C(=O)N2Cc2cccs2)c1. The molecule has 0 saturated carbocycles. The van der Waals surface area contributed by atoms with Gasteiger partial charge in [0, 0.05) is 4.88 Å². The van der Waals surface area contributed by atoms with Gasteiger partial charge in [0.2, 0.25) is 5.78 Å². The van der Waals surface area contributed by atoms with Gasteiger partial charge in [-0.25, -0.2) is 4.98 Å². The normalized spacial score (nSPS) is 16.7. The molecule has 1 atom stereocenters. The van der Waals surface area contributed by atoms with Gasteiger partial charge >= 0.3 is 0 Å². The van der Waals surface area contributed by atoms with Gasteiger partial charge in [0.1, 0.15) is 0 Å². The van der Waals surface area contributed by atoms with E-state index in [-0.39, 0.29) is 11.4 Å². The molecule has 4 rings (SSSR count). The molecule has 3 heterocycles. The van der Waals surface area contributed by atoms with Crippen molar-refractivity contribution in [2.24, 2.45) is 0 Å². The number of carbonyl (C=O) groups excluding carboxylic acids is 2. The third-order valence-electron chi connectivity index (χ3n) is 4.92. The van der Waals surface area contributed by atoms with Crippen LogP contribution in [0.4, 0.5) is 0 Å². The first-order valence-corrected chi connectivity index (χ1v) is 10.9. The van der Waals surface area contributed by atoms with Crippen molar-refractivity contribution in [1.29, 1.82) is 0 Å². The van der Waals surface area contributed by atoms with Crippen LogP contribution in [0.5, 0.6) is 0 Å². The van der Waals surface area contributed by atoms with Crippen molar-refractivity contribution >= 4 is 34.4 Å². The van der Waals surface area contributed by atoms with E-state index in [9.17, 15) is 14.7 Å². The number of aromatic nitrogens is 1. The van der Waals surface area contributed by atoms with Crippen LogP contribution >= 0.6 is 22.7 Å². The van der Waals surface area contributed by atoms with Crippen molar-refractivity contribution < 1.29 is 14.7 Å². The molecular weight excluding hydrogens is 404 g/mol. The van der Waals surface area contributed by atoms with Crippen molar-refractivity contribution in [3.05, 3.63) is 84.7 Å². The average molecular weight is 425 g/mol. The van der Waals surface area contributed by atoms with Crippen molar-refractivity contribution in [2.45, 2.75) is 33.4 Å². The first kappa shape index (κ1) is 19.5. The molecule has 0 radical (unpaired) electrons. The summed E-state index contributed by atoms with van der Waals surface area (Å²) in [6.45, 7) is 5.90. The second-order valence-corrected chi connectivity index (χ2v) is 9.30. The summed E-state index contributed by atoms with van der Waals surface area (Å²) in [5, 5.41) is 13.5. The summed E-state index contributed by atoms with van der Waals surface area (Å²) < 4.78 is 0. The molecule has 0 bridgehead atoms. The molecule has 1 aliphatic heterocycles. The van der Waals surface area contributed by atoms with E-state index in [4.69, 9.17) is 0 Å². The number of aryl methyl sites for hydroxylation is 3. The van der Waals surface area contributed by atoms with Crippen molar-refractivity contribution in [2.75, 3.05) is 0 Å². The Morgan fingerprint density at radius 1 is 1.21 bits per heavy atom. The number of rotatable bonds is 5. The third kappa shape index (κ3) is 3.52. The first-order chi connectivity index (χ1) is 13.9. The zero-order valence-corrected chi connectivity index (χ0v) is 17.9. The smallest absolute Gasteiger partial charge is 0.290 e. The van der Waals surface area contributed by atoms with Crippen LogP contribution in [0.25, 0.3) is 0 Å². The van der Waals surface area contributed by atoms with Gasteiger partial charge in [-0.1, -0.05) is 35.9 Å². The fraction of sp³-hybridized carbons (Fsp3) is 0.227. The van der Waals surface area contributed by atoms with Crippen LogP contribution in [0, 0.1) is 20.8 Å². The largest absolute Gasteiger partial charge is 0.503 e. The van der Waals surface area contributed by atoms with Crippen molar-refractivity contribution in [3.8, 4) is 0 Å². The number of nitrogens with zero attached hydrogens (tertiary/aromatic N) is 2. The summed E-state index contributed by atoms with van der Waals surface area (Å²) in [6, 6.07) is 10.9. The number of thiazole rings is 1. The van der Waals surface area contributed by atoms with E-state index in [1.165, 1.54) is 22.7 Å². The lowest BCUT2D eigenvalue weighted by Crippen LogP contribution is -2.30. The average Bonchev–Trinajstić information content (AvgIpc) is 3.37. The highest BCUT2D eigenvalue weighted by molar-refractivity contribution is 7.14. The minimum atomic E-state index is -0.640. The third-order valence-corrected chi connectivity index (χ3v) is 6.85. The van der Waals surface area contributed by atoms with Gasteiger partial charge in [0.05, 0.1) is 33.7 Å². The summed E-state index contributed by atoms with van der Waals surface area (Å²) in [7, 11) is 0. The van der Waals surface area contributed by atoms with Gasteiger partial charge in [-0.3, -0.25) is 9.59 Å². The van der Waals surface area contributed by atoms with E-state index >= 15 is 0 Å². The molecule has 0 spiro atoms. The van der Waals surface area contributed by atoms with Gasteiger partial charge in [-0.2, -0.15) is 0 Å². The summed E-state index contributed by atoms with van der Waals surface area (Å²) in [6.07, 6.45) is 0. The topological polar surface area (TPSA) is 70.5 Å². The number of benzene rings is 1. The Bertz CT molecular complexity index is 1130. The van der Waals surface area contributed by atoms with Crippen molar-refractivity contribution in [1.82, 2.24) is 9.88 Å². The molecule has 3 aromatic rings. The standard InChI is InChI=1S/C22H20N2O3S2/c1-12-6-4-7-15(10-12)18-17(19(25)21-13(2)23-14(3)29-21)20(26)22(27)24(18)11-16-8-5-9-28-16/h4-10,18,26H,11H2,1-3H3. The molecule has 1 amide bonds. The molecule has 29 heavy (non-hydrogen) atoms. The number of amides is 1. The summed E-state index contributed by atoms with van der Waals surface area (Å²) in [4.78, 5) is 33.8. The predicted molar refractivity (Wildman–Crippen MR) is 114 cm³/mol. The number of aliphatic hydroxyl groups excluding tert-OH is 1. The number of aliphatic hydroxyl groups is 1. The number of thiophene rings is 1. The van der Waals surface area contributed by atoms with E-state index in [1.807, 2.05) is 55.6 Å². The zero-order valence-electron chi connectivity index (χ0n) is 16.3. The van der Waals surface area contributed by atoms with Gasteiger partial charge < -0.3 is 10.0 Å². The van der Waals surface area contributed by atoms with Crippen LogP contribution < -0.4 is 0 Å². The number of hydrogen-bond donors (Lipinski definition) is 1. The molecule has 0 saturated heterocycles. The molecule has 0 fully saturated rings. The minimum absolute atomic E-state index is 0.129. The van der Waals surface area contributed by atoms with Gasteiger partial charge in [0.25, 0.3) is 5.91 Å². The Kier molecular flexibility index (Phi) is 5.10. The second-order valence-electron chi connectivity index (χ2n) is 7.07. The Morgan fingerprint density at radius 2 is 2.00 bits per heavy atom. The maximum Gasteiger partial charge on any atom is 0.290 e. The van der Waals surface area contributed by atoms with Crippen LogP contribution in [-0.4, -0.2) is 26.7 Å². The van der Waals surface area contributed by atoms with Gasteiger partial charge in [-0.05, 0) is 37.8 Å². The zero-order chi connectivity index (χ0) is 20.7. The van der Waals surface area contributed by atoms with E-state index in [2.05, 4.69) is 4.98 Å². The van der Waals surface area contributed by atoms with E-state index in [1.54, 1.807) is 11.8 Å². The van der Waals surface area contributed by atoms with Crippen molar-refractivity contribution in [3.63, 3.8) is 0 Å². The quantitative estimate of drug-likeness (QED) is 0.591. The molecule has 1 unspecified atom stereocenters. The van der Waals surface area contributed by atoms with E-state index in [0.717, 1.165) is 21.0 Å². The number of carbonyl (C=O) groups is 2. The highest BCUT2D eigenvalue weighted by Crippen LogP contribution is 2.41. The lowest BCUT2D eigenvalue weighted by Gasteiger charge is -2.26. The van der Waals surface area contributed by atoms with Crippen LogP contribution in [0.3, 0.4) is 0 Å². The number of Topliss-reactive ketones (excluding diaryl/α,β-unsaturated/α-hetero) is 1. The Labute approximate surface area is 177 Å². The molecule has 2 aromatic heterocycles. The van der Waals surface area contributed by atoms with Gasteiger partial charge in [0.15, 0.2) is 5.76 Å². The molecule has 1 aliphatic rings. The molecule has 0 aliphatic carbocycles. The molecular formula is C22H20N2O3S2. The van der Waals surface area contributed by atoms with E-state index in [0.29, 0.717) is 17.1 Å². The summed E-state index contributed by atoms with van der Waals surface area (Å²) in [5.41, 5.74) is 2.57. The van der Waals surface area contributed by atoms with Crippen LogP contribution in [0.15, 0.2) is 53.1 Å². The lowest BCUT2D eigenvalue weighted by molar-refractivity contribution is -0.130. The molecule has 7 heteroatoms. The Balaban J connectivity index is 1.83. The fourth-order valence-corrected chi connectivity index (χ4v) is 5.25. The fourth-order valence-electron chi connectivity index (χ4n) is 3.67. The molecule has 1 N–H and O–H groups in total. The Morgan fingerprint density at radius 3 is 2.62 bits per heavy atom. The molecule has 148 valence electrons. The van der Waals surface area contributed by atoms with Crippen LogP contribution in [0.2, 0.25) is 0 Å². The van der Waals surface area contributed by atoms with Crippen LogP contribution in [0.1, 0.15) is 42.4 Å². The Hall–Kier alpha value is -2.77. The number of ketones is 1. The first-order valence-electron chi connectivity index (χ1n) is 9.18. The van der Waals surface area contributed by atoms with Crippen LogP contribution in [-0.2, 0) is 11.3 Å². The highest BCUT2D eigenvalue weighted by atomic mass is 32.1. The number of hydrogen-bond acceptors (Lipinski definition) is 6. The van der Waals surface area contributed by atoms with E-state index < -0.39 is 17.7 Å².